The van der Waals surface area contributed by atoms with Crippen LogP contribution >= 0.6 is 0 Å². The molecule has 0 radical (unpaired) electrons. The second-order valence-electron chi connectivity index (χ2n) is 4.29. The highest BCUT2D eigenvalue weighted by Crippen LogP contribution is 2.21. The first-order valence-electron chi connectivity index (χ1n) is 5.58. The fourth-order valence-corrected chi connectivity index (χ4v) is 1.58. The summed E-state index contributed by atoms with van der Waals surface area (Å²) in [4.78, 5) is 15.8. The van der Waals surface area contributed by atoms with E-state index in [1.807, 2.05) is 6.92 Å². The van der Waals surface area contributed by atoms with Crippen LogP contribution in [0.4, 0.5) is 14.5 Å². The normalized spacial score (nSPS) is 22.7. The van der Waals surface area contributed by atoms with Gasteiger partial charge in [0.15, 0.2) is 0 Å². The van der Waals surface area contributed by atoms with Gasteiger partial charge in [-0.15, -0.1) is 0 Å². The quantitative estimate of drug-likeness (QED) is 0.847. The third-order valence-electron chi connectivity index (χ3n) is 2.95. The number of guanidine groups is 1. The molecule has 0 aromatic heterocycles. The van der Waals surface area contributed by atoms with Gasteiger partial charge in [-0.25, -0.2) is 13.8 Å². The molecule has 96 valence electrons. The molecule has 0 spiro atoms. The van der Waals surface area contributed by atoms with Crippen LogP contribution in [0.2, 0.25) is 0 Å². The lowest BCUT2D eigenvalue weighted by Gasteiger charge is -2.12. The molecular formula is C12H13F2N3O. The van der Waals surface area contributed by atoms with E-state index in [4.69, 9.17) is 0 Å². The highest BCUT2D eigenvalue weighted by molar-refractivity contribution is 6.12. The molecule has 1 aliphatic heterocycles. The zero-order valence-corrected chi connectivity index (χ0v) is 10.1. The van der Waals surface area contributed by atoms with Crippen molar-refractivity contribution in [3.63, 3.8) is 0 Å². The Bertz CT molecular complexity index is 530. The van der Waals surface area contributed by atoms with E-state index >= 15 is 0 Å². The Balaban J connectivity index is 2.21. The van der Waals surface area contributed by atoms with E-state index in [2.05, 4.69) is 15.6 Å². The van der Waals surface area contributed by atoms with Gasteiger partial charge in [0.1, 0.15) is 17.2 Å². The Hall–Kier alpha value is -1.98. The molecular weight excluding hydrogens is 240 g/mol. The summed E-state index contributed by atoms with van der Waals surface area (Å²) in [6.07, 6.45) is 0.538. The maximum atomic E-state index is 13.4. The maximum Gasteiger partial charge on any atom is 0.254 e. The average molecular weight is 253 g/mol. The van der Waals surface area contributed by atoms with Gasteiger partial charge in [0, 0.05) is 6.07 Å². The number of carbonyl (C=O) groups excluding carboxylic acids is 1. The number of halogens is 2. The summed E-state index contributed by atoms with van der Waals surface area (Å²) in [5.41, 5.74) is -0.769. The van der Waals surface area contributed by atoms with E-state index in [0.717, 1.165) is 12.1 Å². The van der Waals surface area contributed by atoms with Gasteiger partial charge >= 0.3 is 0 Å². The van der Waals surface area contributed by atoms with Crippen LogP contribution in [0.5, 0.6) is 0 Å². The Kier molecular flexibility index (Phi) is 3.02. The van der Waals surface area contributed by atoms with Crippen molar-refractivity contribution in [3.8, 4) is 0 Å². The average Bonchev–Trinajstić information content (AvgIpc) is 2.59. The zero-order valence-electron chi connectivity index (χ0n) is 10.1. The lowest BCUT2D eigenvalue weighted by atomic mass is 10.0. The molecule has 1 atom stereocenters. The molecule has 0 aliphatic carbocycles. The molecule has 0 saturated heterocycles. The van der Waals surface area contributed by atoms with Gasteiger partial charge < -0.3 is 5.32 Å². The minimum atomic E-state index is -0.834. The number of carbonyl (C=O) groups is 1. The minimum Gasteiger partial charge on any atom is -0.323 e. The smallest absolute Gasteiger partial charge is 0.254 e. The number of aliphatic imine (C=N–C) groups is 1. The number of amides is 1. The summed E-state index contributed by atoms with van der Waals surface area (Å²) in [6, 6.07) is 3.14. The highest BCUT2D eigenvalue weighted by atomic mass is 19.1. The van der Waals surface area contributed by atoms with Gasteiger partial charge in [0.2, 0.25) is 5.96 Å². The lowest BCUT2D eigenvalue weighted by Crippen LogP contribution is -2.38. The van der Waals surface area contributed by atoms with Crippen LogP contribution in [0.1, 0.15) is 20.3 Å². The van der Waals surface area contributed by atoms with Crippen LogP contribution in [0, 0.1) is 11.6 Å². The van der Waals surface area contributed by atoms with Gasteiger partial charge in [-0.05, 0) is 25.5 Å². The zero-order chi connectivity index (χ0) is 13.3. The van der Waals surface area contributed by atoms with Gasteiger partial charge in [0.05, 0.1) is 5.69 Å². The van der Waals surface area contributed by atoms with Crippen molar-refractivity contribution in [2.24, 2.45) is 4.99 Å². The third kappa shape index (κ3) is 2.18. The fourth-order valence-electron chi connectivity index (χ4n) is 1.58. The van der Waals surface area contributed by atoms with Gasteiger partial charge in [-0.1, -0.05) is 6.92 Å². The van der Waals surface area contributed by atoms with Crippen molar-refractivity contribution in [2.45, 2.75) is 25.8 Å². The van der Waals surface area contributed by atoms with Gasteiger partial charge in [0.25, 0.3) is 5.91 Å². The molecule has 0 unspecified atom stereocenters. The Morgan fingerprint density at radius 1 is 1.44 bits per heavy atom. The van der Waals surface area contributed by atoms with Crippen molar-refractivity contribution in [3.05, 3.63) is 29.8 Å². The second-order valence-corrected chi connectivity index (χ2v) is 4.29. The van der Waals surface area contributed by atoms with Crippen molar-refractivity contribution in [2.75, 3.05) is 5.32 Å². The molecule has 2 N–H and O–H groups in total. The van der Waals surface area contributed by atoms with Crippen molar-refractivity contribution >= 4 is 17.6 Å². The molecule has 1 aromatic carbocycles. The molecule has 0 fully saturated rings. The molecule has 6 heteroatoms. The summed E-state index contributed by atoms with van der Waals surface area (Å²) in [6.45, 7) is 3.53. The van der Waals surface area contributed by atoms with Crippen molar-refractivity contribution in [1.29, 1.82) is 0 Å². The first kappa shape index (κ1) is 12.5. The predicted octanol–water partition coefficient (Wildman–Crippen LogP) is 2.03. The molecule has 1 heterocycles. The van der Waals surface area contributed by atoms with Crippen LogP contribution in [-0.2, 0) is 4.79 Å². The number of nitrogens with zero attached hydrogens (tertiary/aromatic N) is 1. The predicted molar refractivity (Wildman–Crippen MR) is 64.3 cm³/mol. The summed E-state index contributed by atoms with van der Waals surface area (Å²) in [5, 5.41) is 5.16. The van der Waals surface area contributed by atoms with E-state index in [9.17, 15) is 13.6 Å². The molecule has 0 bridgehead atoms. The maximum absolute atomic E-state index is 13.4. The molecule has 2 rings (SSSR count). The third-order valence-corrected chi connectivity index (χ3v) is 2.95. The molecule has 18 heavy (non-hydrogen) atoms. The molecule has 1 aliphatic rings. The van der Waals surface area contributed by atoms with Gasteiger partial charge in [-0.3, -0.25) is 10.1 Å². The number of hydrogen-bond acceptors (Lipinski definition) is 3. The highest BCUT2D eigenvalue weighted by Gasteiger charge is 2.37. The van der Waals surface area contributed by atoms with E-state index in [0.29, 0.717) is 6.42 Å². The van der Waals surface area contributed by atoms with Gasteiger partial charge in [-0.2, -0.15) is 0 Å². The molecule has 0 saturated carbocycles. The van der Waals surface area contributed by atoms with Crippen molar-refractivity contribution in [1.82, 2.24) is 5.32 Å². The van der Waals surface area contributed by atoms with Crippen LogP contribution in [0.15, 0.2) is 23.2 Å². The molecule has 1 aromatic rings. The van der Waals surface area contributed by atoms with E-state index in [1.54, 1.807) is 6.92 Å². The lowest BCUT2D eigenvalue weighted by molar-refractivity contribution is -0.123. The number of rotatable bonds is 2. The Labute approximate surface area is 103 Å². The molecule has 4 nitrogen and oxygen atoms in total. The fraction of sp³-hybridized carbons (Fsp3) is 0.333. The standard InChI is InChI=1S/C12H13F2N3O/c1-3-12(2)10(18)16-11(17-12)15-9-5-4-7(13)6-8(9)14/h4-6H,3H2,1-2H3,(H2,15,16,17,18)/t12-/m1/s1. The number of benzene rings is 1. The summed E-state index contributed by atoms with van der Waals surface area (Å²) >= 11 is 0. The van der Waals surface area contributed by atoms with E-state index in [-0.39, 0.29) is 17.6 Å². The van der Waals surface area contributed by atoms with Crippen LogP contribution in [0.25, 0.3) is 0 Å². The van der Waals surface area contributed by atoms with Crippen LogP contribution in [0.3, 0.4) is 0 Å². The van der Waals surface area contributed by atoms with Crippen LogP contribution in [-0.4, -0.2) is 17.4 Å². The number of nitrogens with one attached hydrogen (secondary N) is 2. The number of anilines is 1. The van der Waals surface area contributed by atoms with E-state index in [1.165, 1.54) is 6.07 Å². The Morgan fingerprint density at radius 2 is 2.17 bits per heavy atom. The largest absolute Gasteiger partial charge is 0.323 e. The SMILES string of the molecule is CC[C@@]1(C)N=C(Nc2ccc(F)cc2F)NC1=O. The van der Waals surface area contributed by atoms with Crippen molar-refractivity contribution < 1.29 is 13.6 Å². The second kappa shape index (κ2) is 4.36. The van der Waals surface area contributed by atoms with Crippen LogP contribution < -0.4 is 10.6 Å². The summed E-state index contributed by atoms with van der Waals surface area (Å²) in [5.74, 6) is -1.46. The number of hydrogen-bond donors (Lipinski definition) is 2. The first-order valence-corrected chi connectivity index (χ1v) is 5.58. The Morgan fingerprint density at radius 3 is 2.72 bits per heavy atom. The monoisotopic (exact) mass is 253 g/mol. The summed E-state index contributed by atoms with van der Waals surface area (Å²) < 4.78 is 26.1. The topological polar surface area (TPSA) is 53.5 Å². The first-order chi connectivity index (χ1) is 8.44. The van der Waals surface area contributed by atoms with E-state index < -0.39 is 17.2 Å². The minimum absolute atomic E-state index is 0.0656. The molecule has 1 amide bonds. The summed E-state index contributed by atoms with van der Waals surface area (Å²) in [7, 11) is 0.